The standard InChI is InChI=1S/C23H19N7OS2/c1-13-7-5-6-10-16(13)30-20(31)15-11-17(14-8-3-2-4-9-14)33-19(15)28-23(30)32-12-18-26-21(24)29-22(25)27-18/h2-11H,12H2,1H3,(H4,24,25,26,27,29). The summed E-state index contributed by atoms with van der Waals surface area (Å²) in [5.74, 6) is 0.872. The molecule has 3 aromatic heterocycles. The van der Waals surface area contributed by atoms with Crippen LogP contribution in [0.4, 0.5) is 11.9 Å². The van der Waals surface area contributed by atoms with Crippen LogP contribution in [0.2, 0.25) is 0 Å². The van der Waals surface area contributed by atoms with Gasteiger partial charge in [-0.15, -0.1) is 11.3 Å². The summed E-state index contributed by atoms with van der Waals surface area (Å²) in [6.45, 7) is 1.97. The largest absolute Gasteiger partial charge is 0.368 e. The van der Waals surface area contributed by atoms with E-state index in [1.165, 1.54) is 23.1 Å². The molecule has 0 aliphatic heterocycles. The molecule has 0 atom stereocenters. The van der Waals surface area contributed by atoms with Crippen molar-refractivity contribution >= 4 is 45.2 Å². The average Bonchev–Trinajstić information content (AvgIpc) is 3.23. The Morgan fingerprint density at radius 1 is 0.939 bits per heavy atom. The first kappa shape index (κ1) is 21.1. The summed E-state index contributed by atoms with van der Waals surface area (Å²) in [5.41, 5.74) is 14.1. The Kier molecular flexibility index (Phi) is 5.53. The SMILES string of the molecule is Cc1ccccc1-n1c(SCc2nc(N)nc(N)n2)nc2sc(-c3ccccc3)cc2c1=O. The number of nitrogen functional groups attached to an aromatic ring is 2. The third-order valence-electron chi connectivity index (χ3n) is 5.00. The van der Waals surface area contributed by atoms with Crippen LogP contribution in [0.15, 0.2) is 70.6 Å². The molecule has 0 fully saturated rings. The topological polar surface area (TPSA) is 126 Å². The van der Waals surface area contributed by atoms with Crippen molar-refractivity contribution in [2.24, 2.45) is 0 Å². The molecule has 0 unspecified atom stereocenters. The highest BCUT2D eigenvalue weighted by Gasteiger charge is 2.18. The van der Waals surface area contributed by atoms with Crippen LogP contribution in [0.1, 0.15) is 11.4 Å². The van der Waals surface area contributed by atoms with Gasteiger partial charge in [-0.25, -0.2) is 4.98 Å². The van der Waals surface area contributed by atoms with E-state index in [1.54, 1.807) is 4.57 Å². The smallest absolute Gasteiger partial charge is 0.267 e. The molecule has 2 aromatic carbocycles. The van der Waals surface area contributed by atoms with Crippen LogP contribution >= 0.6 is 23.1 Å². The molecular formula is C23H19N7OS2. The number of hydrogen-bond acceptors (Lipinski definition) is 9. The van der Waals surface area contributed by atoms with Crippen LogP contribution in [0.5, 0.6) is 0 Å². The van der Waals surface area contributed by atoms with Crippen molar-refractivity contribution in [3.05, 3.63) is 82.4 Å². The Balaban J connectivity index is 1.66. The maximum atomic E-state index is 13.7. The second kappa shape index (κ2) is 8.64. The van der Waals surface area contributed by atoms with Gasteiger partial charge in [-0.1, -0.05) is 60.3 Å². The van der Waals surface area contributed by atoms with Crippen molar-refractivity contribution in [1.82, 2.24) is 24.5 Å². The minimum atomic E-state index is -0.120. The second-order valence-electron chi connectivity index (χ2n) is 7.27. The molecule has 0 bridgehead atoms. The lowest BCUT2D eigenvalue weighted by Crippen LogP contribution is -2.22. The molecular weight excluding hydrogens is 454 g/mol. The summed E-state index contributed by atoms with van der Waals surface area (Å²) in [4.78, 5) is 32.3. The predicted molar refractivity (Wildman–Crippen MR) is 134 cm³/mol. The highest BCUT2D eigenvalue weighted by molar-refractivity contribution is 7.98. The van der Waals surface area contributed by atoms with Gasteiger partial charge in [0.15, 0.2) is 5.16 Å². The lowest BCUT2D eigenvalue weighted by molar-refractivity contribution is 0.815. The summed E-state index contributed by atoms with van der Waals surface area (Å²) >= 11 is 2.84. The molecule has 0 saturated heterocycles. The van der Waals surface area contributed by atoms with E-state index in [9.17, 15) is 4.79 Å². The first-order valence-corrected chi connectivity index (χ1v) is 11.9. The third-order valence-corrected chi connectivity index (χ3v) is 7.01. The molecule has 0 saturated carbocycles. The van der Waals surface area contributed by atoms with Crippen molar-refractivity contribution in [1.29, 1.82) is 0 Å². The Labute approximate surface area is 197 Å². The number of benzene rings is 2. The Bertz CT molecular complexity index is 1510. The zero-order valence-corrected chi connectivity index (χ0v) is 19.2. The van der Waals surface area contributed by atoms with Gasteiger partial charge >= 0.3 is 0 Å². The van der Waals surface area contributed by atoms with E-state index in [4.69, 9.17) is 16.5 Å². The van der Waals surface area contributed by atoms with E-state index in [-0.39, 0.29) is 17.5 Å². The summed E-state index contributed by atoms with van der Waals surface area (Å²) in [5, 5.41) is 1.13. The number of aryl methyl sites for hydroxylation is 1. The minimum absolute atomic E-state index is 0.0589. The minimum Gasteiger partial charge on any atom is -0.368 e. The number of hydrogen-bond donors (Lipinski definition) is 2. The van der Waals surface area contributed by atoms with Crippen LogP contribution in [0.25, 0.3) is 26.3 Å². The molecule has 4 N–H and O–H groups in total. The number of thiophene rings is 1. The number of fused-ring (bicyclic) bond motifs is 1. The molecule has 0 spiro atoms. The summed E-state index contributed by atoms with van der Waals surface area (Å²) in [6.07, 6.45) is 0. The van der Waals surface area contributed by atoms with Gasteiger partial charge in [-0.05, 0) is 30.2 Å². The molecule has 0 amide bonds. The number of nitrogens with zero attached hydrogens (tertiary/aromatic N) is 5. The normalized spacial score (nSPS) is 11.2. The van der Waals surface area contributed by atoms with Crippen LogP contribution in [0.3, 0.4) is 0 Å². The quantitative estimate of drug-likeness (QED) is 0.289. The molecule has 33 heavy (non-hydrogen) atoms. The molecule has 164 valence electrons. The van der Waals surface area contributed by atoms with Crippen molar-refractivity contribution in [2.75, 3.05) is 11.5 Å². The van der Waals surface area contributed by atoms with Gasteiger partial charge in [0.2, 0.25) is 11.9 Å². The Hall–Kier alpha value is -3.76. The number of rotatable bonds is 5. The molecule has 10 heteroatoms. The highest BCUT2D eigenvalue weighted by atomic mass is 32.2. The number of thioether (sulfide) groups is 1. The number of aromatic nitrogens is 5. The van der Waals surface area contributed by atoms with Crippen LogP contribution in [-0.4, -0.2) is 24.5 Å². The van der Waals surface area contributed by atoms with Gasteiger partial charge in [0, 0.05) is 4.88 Å². The number of nitrogens with two attached hydrogens (primary N) is 2. The van der Waals surface area contributed by atoms with Gasteiger partial charge in [0.05, 0.1) is 16.8 Å². The Morgan fingerprint density at radius 2 is 1.64 bits per heavy atom. The van der Waals surface area contributed by atoms with Gasteiger partial charge in [-0.2, -0.15) is 15.0 Å². The molecule has 5 rings (SSSR count). The van der Waals surface area contributed by atoms with Gasteiger partial charge in [0.25, 0.3) is 5.56 Å². The average molecular weight is 474 g/mol. The maximum Gasteiger partial charge on any atom is 0.267 e. The summed E-state index contributed by atoms with van der Waals surface area (Å²) < 4.78 is 1.65. The molecule has 5 aromatic rings. The van der Waals surface area contributed by atoms with E-state index in [1.807, 2.05) is 67.6 Å². The Morgan fingerprint density at radius 3 is 2.36 bits per heavy atom. The van der Waals surface area contributed by atoms with Crippen LogP contribution < -0.4 is 17.0 Å². The second-order valence-corrected chi connectivity index (χ2v) is 9.25. The van der Waals surface area contributed by atoms with E-state index < -0.39 is 0 Å². The highest BCUT2D eigenvalue weighted by Crippen LogP contribution is 2.33. The van der Waals surface area contributed by atoms with Crippen LogP contribution in [0, 0.1) is 6.92 Å². The first-order valence-electron chi connectivity index (χ1n) is 10.1. The van der Waals surface area contributed by atoms with Crippen LogP contribution in [-0.2, 0) is 5.75 Å². The van der Waals surface area contributed by atoms with Crippen molar-refractivity contribution in [3.8, 4) is 16.1 Å². The predicted octanol–water partition coefficient (Wildman–Crippen LogP) is 4.06. The molecule has 0 aliphatic carbocycles. The monoisotopic (exact) mass is 473 g/mol. The van der Waals surface area contributed by atoms with E-state index in [2.05, 4.69) is 15.0 Å². The fraction of sp³-hybridized carbons (Fsp3) is 0.0870. The zero-order valence-electron chi connectivity index (χ0n) is 17.6. The van der Waals surface area contributed by atoms with E-state index in [0.29, 0.717) is 27.0 Å². The van der Waals surface area contributed by atoms with E-state index in [0.717, 1.165) is 21.7 Å². The summed E-state index contributed by atoms with van der Waals surface area (Å²) in [6, 6.07) is 19.6. The fourth-order valence-electron chi connectivity index (χ4n) is 3.48. The maximum absolute atomic E-state index is 13.7. The molecule has 0 radical (unpaired) electrons. The van der Waals surface area contributed by atoms with Crippen molar-refractivity contribution in [3.63, 3.8) is 0 Å². The lowest BCUT2D eigenvalue weighted by atomic mass is 10.2. The molecule has 8 nitrogen and oxygen atoms in total. The molecule has 3 heterocycles. The van der Waals surface area contributed by atoms with Gasteiger partial charge in [0.1, 0.15) is 10.7 Å². The lowest BCUT2D eigenvalue weighted by Gasteiger charge is -2.14. The number of anilines is 2. The van der Waals surface area contributed by atoms with Gasteiger partial charge < -0.3 is 11.5 Å². The van der Waals surface area contributed by atoms with Crippen molar-refractivity contribution < 1.29 is 0 Å². The zero-order chi connectivity index (χ0) is 22.9. The number of para-hydroxylation sites is 1. The fourth-order valence-corrected chi connectivity index (χ4v) is 5.42. The van der Waals surface area contributed by atoms with E-state index >= 15 is 0 Å². The first-order chi connectivity index (χ1) is 16.0. The van der Waals surface area contributed by atoms with Crippen molar-refractivity contribution in [2.45, 2.75) is 17.8 Å². The summed E-state index contributed by atoms with van der Waals surface area (Å²) in [7, 11) is 0. The third kappa shape index (κ3) is 4.18. The molecule has 0 aliphatic rings. The van der Waals surface area contributed by atoms with Gasteiger partial charge in [-0.3, -0.25) is 9.36 Å².